The summed E-state index contributed by atoms with van der Waals surface area (Å²) < 4.78 is 51.6. The van der Waals surface area contributed by atoms with E-state index in [4.69, 9.17) is 0 Å². The van der Waals surface area contributed by atoms with E-state index in [1.807, 2.05) is 0 Å². The van der Waals surface area contributed by atoms with Gasteiger partial charge in [-0.25, -0.2) is 4.39 Å². The summed E-state index contributed by atoms with van der Waals surface area (Å²) in [6.07, 6.45) is -3.89. The van der Waals surface area contributed by atoms with E-state index in [1.165, 1.54) is 0 Å². The van der Waals surface area contributed by atoms with E-state index in [1.54, 1.807) is 11.8 Å². The SMILES string of the molecule is O=C(NCC1(O)CCSCC1)c1ccc(F)cc1C(F)(F)F. The summed E-state index contributed by atoms with van der Waals surface area (Å²) >= 11 is 1.67. The highest BCUT2D eigenvalue weighted by atomic mass is 32.2. The lowest BCUT2D eigenvalue weighted by atomic mass is 9.96. The van der Waals surface area contributed by atoms with Crippen LogP contribution in [0, 0.1) is 5.82 Å². The number of hydrogen-bond acceptors (Lipinski definition) is 3. The molecule has 2 N–H and O–H groups in total. The molecule has 3 nitrogen and oxygen atoms in total. The van der Waals surface area contributed by atoms with E-state index in [-0.39, 0.29) is 6.54 Å². The third-order valence-corrected chi connectivity index (χ3v) is 4.52. The fraction of sp³-hybridized carbons (Fsp3) is 0.500. The summed E-state index contributed by atoms with van der Waals surface area (Å²) in [5.74, 6) is -0.571. The Labute approximate surface area is 129 Å². The summed E-state index contributed by atoms with van der Waals surface area (Å²) in [5, 5.41) is 12.6. The minimum Gasteiger partial charge on any atom is -0.388 e. The van der Waals surface area contributed by atoms with Crippen LogP contribution in [0.25, 0.3) is 0 Å². The molecule has 0 spiro atoms. The van der Waals surface area contributed by atoms with Crippen LogP contribution in [0.3, 0.4) is 0 Å². The Bertz CT molecular complexity index is 556. The standard InChI is InChI=1S/C14H15F4NO2S/c15-9-1-2-10(11(7-9)14(16,17)18)12(20)19-8-13(21)3-5-22-6-4-13/h1-2,7,21H,3-6,8H2,(H,19,20). The Hall–Kier alpha value is -1.28. The van der Waals surface area contributed by atoms with Crippen molar-refractivity contribution in [1.29, 1.82) is 0 Å². The average molecular weight is 337 g/mol. The molecule has 1 aliphatic rings. The molecule has 1 aromatic carbocycles. The van der Waals surface area contributed by atoms with Crippen molar-refractivity contribution in [3.63, 3.8) is 0 Å². The highest BCUT2D eigenvalue weighted by Gasteiger charge is 2.36. The third-order valence-electron chi connectivity index (χ3n) is 3.53. The molecule has 0 bridgehead atoms. The van der Waals surface area contributed by atoms with Gasteiger partial charge in [0.05, 0.1) is 16.7 Å². The average Bonchev–Trinajstić information content (AvgIpc) is 2.45. The van der Waals surface area contributed by atoms with Crippen LogP contribution in [-0.2, 0) is 6.18 Å². The van der Waals surface area contributed by atoms with Gasteiger partial charge in [0, 0.05) is 6.54 Å². The molecule has 8 heteroatoms. The number of thioether (sulfide) groups is 1. The van der Waals surface area contributed by atoms with Crippen molar-refractivity contribution in [3.8, 4) is 0 Å². The fourth-order valence-electron chi connectivity index (χ4n) is 2.22. The van der Waals surface area contributed by atoms with Gasteiger partial charge in [-0.1, -0.05) is 0 Å². The van der Waals surface area contributed by atoms with Crippen molar-refractivity contribution < 1.29 is 27.5 Å². The maximum absolute atomic E-state index is 13.0. The number of rotatable bonds is 3. The predicted octanol–water partition coefficient (Wildman–Crippen LogP) is 2.83. The van der Waals surface area contributed by atoms with Crippen molar-refractivity contribution in [2.24, 2.45) is 0 Å². The van der Waals surface area contributed by atoms with Crippen LogP contribution < -0.4 is 5.32 Å². The summed E-state index contributed by atoms with van der Waals surface area (Å²) in [4.78, 5) is 12.0. The molecule has 1 saturated heterocycles. The number of aliphatic hydroxyl groups is 1. The van der Waals surface area contributed by atoms with Gasteiger partial charge >= 0.3 is 6.18 Å². The Kier molecular flexibility index (Phi) is 5.01. The summed E-state index contributed by atoms with van der Waals surface area (Å²) in [7, 11) is 0. The molecule has 0 radical (unpaired) electrons. The first-order valence-corrected chi connectivity index (χ1v) is 7.82. The van der Waals surface area contributed by atoms with Crippen LogP contribution in [-0.4, -0.2) is 34.7 Å². The molecule has 122 valence electrons. The van der Waals surface area contributed by atoms with Crippen molar-refractivity contribution in [3.05, 3.63) is 35.1 Å². The molecule has 22 heavy (non-hydrogen) atoms. The number of hydrogen-bond donors (Lipinski definition) is 2. The van der Waals surface area contributed by atoms with Crippen LogP contribution >= 0.6 is 11.8 Å². The minimum atomic E-state index is -4.83. The molecule has 0 aliphatic carbocycles. The lowest BCUT2D eigenvalue weighted by Gasteiger charge is -2.31. The van der Waals surface area contributed by atoms with Gasteiger partial charge in [-0.05, 0) is 42.5 Å². The monoisotopic (exact) mass is 337 g/mol. The Morgan fingerprint density at radius 2 is 1.95 bits per heavy atom. The van der Waals surface area contributed by atoms with Gasteiger partial charge in [0.2, 0.25) is 0 Å². The van der Waals surface area contributed by atoms with Crippen molar-refractivity contribution in [2.45, 2.75) is 24.6 Å². The van der Waals surface area contributed by atoms with E-state index >= 15 is 0 Å². The lowest BCUT2D eigenvalue weighted by molar-refractivity contribution is -0.138. The molecule has 1 fully saturated rings. The fourth-order valence-corrected chi connectivity index (χ4v) is 3.47. The normalized spacial score (nSPS) is 18.0. The second-order valence-corrected chi connectivity index (χ2v) is 6.43. The number of halogens is 4. The first-order valence-electron chi connectivity index (χ1n) is 6.66. The molecule has 1 aromatic rings. The summed E-state index contributed by atoms with van der Waals surface area (Å²) in [6.45, 7) is -0.124. The van der Waals surface area contributed by atoms with Crippen LogP contribution in [0.15, 0.2) is 18.2 Å². The zero-order valence-corrected chi connectivity index (χ0v) is 12.4. The van der Waals surface area contributed by atoms with Crippen molar-refractivity contribution >= 4 is 17.7 Å². The van der Waals surface area contributed by atoms with Crippen molar-refractivity contribution in [1.82, 2.24) is 5.32 Å². The number of carbonyl (C=O) groups is 1. The zero-order chi connectivity index (χ0) is 16.4. The number of alkyl halides is 3. The molecule has 2 rings (SSSR count). The quantitative estimate of drug-likeness (QED) is 0.834. The Morgan fingerprint density at radius 1 is 1.32 bits per heavy atom. The largest absolute Gasteiger partial charge is 0.417 e. The van der Waals surface area contributed by atoms with Crippen molar-refractivity contribution in [2.75, 3.05) is 18.1 Å². The molecule has 1 heterocycles. The first kappa shape index (κ1) is 17.1. The zero-order valence-electron chi connectivity index (χ0n) is 11.5. The minimum absolute atomic E-state index is 0.124. The van der Waals surface area contributed by atoms with Gasteiger partial charge < -0.3 is 10.4 Å². The van der Waals surface area contributed by atoms with E-state index in [0.717, 1.165) is 23.6 Å². The highest BCUT2D eigenvalue weighted by Crippen LogP contribution is 2.32. The van der Waals surface area contributed by atoms with Crippen LogP contribution in [0.4, 0.5) is 17.6 Å². The molecular formula is C14H15F4NO2S. The summed E-state index contributed by atoms with van der Waals surface area (Å²) in [6, 6.07) is 1.89. The molecule has 1 aliphatic heterocycles. The number of nitrogens with one attached hydrogen (secondary N) is 1. The third kappa shape index (κ3) is 4.13. The molecule has 0 atom stereocenters. The molecule has 1 amide bonds. The van der Waals surface area contributed by atoms with E-state index < -0.39 is 34.6 Å². The second kappa shape index (κ2) is 6.45. The maximum atomic E-state index is 13.0. The van der Waals surface area contributed by atoms with Gasteiger partial charge in [-0.15, -0.1) is 0 Å². The topological polar surface area (TPSA) is 49.3 Å². The van der Waals surface area contributed by atoms with Gasteiger partial charge in [0.25, 0.3) is 5.91 Å². The first-order chi connectivity index (χ1) is 10.2. The van der Waals surface area contributed by atoms with Crippen LogP contribution in [0.1, 0.15) is 28.8 Å². The van der Waals surface area contributed by atoms with E-state index in [9.17, 15) is 27.5 Å². The van der Waals surface area contributed by atoms with Crippen LogP contribution in [0.2, 0.25) is 0 Å². The second-order valence-electron chi connectivity index (χ2n) is 5.21. The van der Waals surface area contributed by atoms with Gasteiger partial charge in [-0.2, -0.15) is 24.9 Å². The molecular weight excluding hydrogens is 322 g/mol. The van der Waals surface area contributed by atoms with E-state index in [0.29, 0.717) is 18.9 Å². The maximum Gasteiger partial charge on any atom is 0.417 e. The van der Waals surface area contributed by atoms with Gasteiger partial charge in [0.1, 0.15) is 5.82 Å². The molecule has 0 aromatic heterocycles. The lowest BCUT2D eigenvalue weighted by Crippen LogP contribution is -2.45. The van der Waals surface area contributed by atoms with E-state index in [2.05, 4.69) is 5.32 Å². The smallest absolute Gasteiger partial charge is 0.388 e. The highest BCUT2D eigenvalue weighted by molar-refractivity contribution is 7.99. The van der Waals surface area contributed by atoms with Crippen LogP contribution in [0.5, 0.6) is 0 Å². The molecule has 0 unspecified atom stereocenters. The van der Waals surface area contributed by atoms with Gasteiger partial charge in [-0.3, -0.25) is 4.79 Å². The predicted molar refractivity (Wildman–Crippen MR) is 75.2 cm³/mol. The number of amides is 1. The molecule has 0 saturated carbocycles. The Morgan fingerprint density at radius 3 is 2.55 bits per heavy atom. The Balaban J connectivity index is 2.13. The summed E-state index contributed by atoms with van der Waals surface area (Å²) in [5.41, 5.74) is -3.07. The van der Waals surface area contributed by atoms with Gasteiger partial charge in [0.15, 0.2) is 0 Å². The number of carbonyl (C=O) groups excluding carboxylic acids is 1. The number of benzene rings is 1.